The van der Waals surface area contributed by atoms with E-state index in [2.05, 4.69) is 5.32 Å². The molecule has 0 saturated carbocycles. The smallest absolute Gasteiger partial charge is 0.260 e. The van der Waals surface area contributed by atoms with Crippen LogP contribution in [-0.4, -0.2) is 61.7 Å². The van der Waals surface area contributed by atoms with Crippen LogP contribution >= 0.6 is 0 Å². The summed E-state index contributed by atoms with van der Waals surface area (Å²) in [4.78, 5) is 25.2. The molecule has 2 fully saturated rings. The molecule has 2 atom stereocenters. The summed E-state index contributed by atoms with van der Waals surface area (Å²) < 4.78 is 11.1. The Labute approximate surface area is 128 Å². The first-order chi connectivity index (χ1) is 10.6. The number of nitrogens with zero attached hydrogens (tertiary/aromatic N) is 1. The Hall–Kier alpha value is -2.12. The number of ether oxygens (including phenoxy) is 2. The van der Waals surface area contributed by atoms with E-state index in [1.165, 1.54) is 0 Å². The van der Waals surface area contributed by atoms with Gasteiger partial charge in [0.2, 0.25) is 5.91 Å². The number of morpholine rings is 1. The molecule has 7 nitrogen and oxygen atoms in total. The fourth-order valence-electron chi connectivity index (χ4n) is 2.84. The van der Waals surface area contributed by atoms with Gasteiger partial charge in [-0.25, -0.2) is 0 Å². The quantitative estimate of drug-likeness (QED) is 0.772. The summed E-state index contributed by atoms with van der Waals surface area (Å²) in [7, 11) is 0. The summed E-state index contributed by atoms with van der Waals surface area (Å²) in [5, 5.41) is 3.24. The molecule has 118 valence electrons. The molecule has 3 rings (SSSR count). The van der Waals surface area contributed by atoms with Crippen LogP contribution in [0.2, 0.25) is 0 Å². The van der Waals surface area contributed by atoms with E-state index in [1.807, 2.05) is 4.90 Å². The number of benzene rings is 1. The highest BCUT2D eigenvalue weighted by molar-refractivity contribution is 5.92. The minimum Gasteiger partial charge on any atom is -0.484 e. The van der Waals surface area contributed by atoms with Gasteiger partial charge >= 0.3 is 0 Å². The highest BCUT2D eigenvalue weighted by Crippen LogP contribution is 2.18. The van der Waals surface area contributed by atoms with Crippen LogP contribution in [-0.2, 0) is 9.53 Å². The fraction of sp³-hybridized carbons (Fsp3) is 0.467. The van der Waals surface area contributed by atoms with E-state index in [0.717, 1.165) is 13.1 Å². The van der Waals surface area contributed by atoms with Crippen LogP contribution in [0.15, 0.2) is 24.3 Å². The Morgan fingerprint density at radius 1 is 1.32 bits per heavy atom. The van der Waals surface area contributed by atoms with Gasteiger partial charge in [-0.15, -0.1) is 0 Å². The normalized spacial score (nSPS) is 23.9. The molecule has 2 amide bonds. The van der Waals surface area contributed by atoms with Crippen LogP contribution in [0.4, 0.5) is 0 Å². The van der Waals surface area contributed by atoms with E-state index in [0.29, 0.717) is 24.5 Å². The molecule has 2 aliphatic rings. The lowest BCUT2D eigenvalue weighted by Crippen LogP contribution is -2.54. The zero-order valence-corrected chi connectivity index (χ0v) is 12.2. The van der Waals surface area contributed by atoms with Crippen molar-refractivity contribution in [1.82, 2.24) is 10.2 Å². The number of fused-ring (bicyclic) bond motifs is 1. The van der Waals surface area contributed by atoms with Gasteiger partial charge in [-0.1, -0.05) is 0 Å². The summed E-state index contributed by atoms with van der Waals surface area (Å²) in [6.07, 6.45) is 0.0764. The monoisotopic (exact) mass is 305 g/mol. The SMILES string of the molecule is NC(=O)c1ccc(OCC(=O)N2CCO[C@H]3CNC[C@H]32)cc1. The molecular weight excluding hydrogens is 286 g/mol. The van der Waals surface area contributed by atoms with Crippen molar-refractivity contribution in [3.05, 3.63) is 29.8 Å². The average molecular weight is 305 g/mol. The maximum atomic E-state index is 12.3. The van der Waals surface area contributed by atoms with Crippen LogP contribution in [0.5, 0.6) is 5.75 Å². The third-order valence-electron chi connectivity index (χ3n) is 4.01. The van der Waals surface area contributed by atoms with E-state index in [-0.39, 0.29) is 24.7 Å². The zero-order valence-electron chi connectivity index (χ0n) is 12.2. The molecule has 22 heavy (non-hydrogen) atoms. The van der Waals surface area contributed by atoms with Gasteiger partial charge in [0.1, 0.15) is 5.75 Å². The van der Waals surface area contributed by atoms with Crippen molar-refractivity contribution in [3.63, 3.8) is 0 Å². The predicted octanol–water partition coefficient (Wildman–Crippen LogP) is -0.636. The van der Waals surface area contributed by atoms with Crippen LogP contribution in [0.25, 0.3) is 0 Å². The second-order valence-electron chi connectivity index (χ2n) is 5.40. The van der Waals surface area contributed by atoms with Crippen molar-refractivity contribution < 1.29 is 19.1 Å². The van der Waals surface area contributed by atoms with Gasteiger partial charge in [0.25, 0.3) is 5.91 Å². The van der Waals surface area contributed by atoms with Crippen LogP contribution in [0, 0.1) is 0 Å². The van der Waals surface area contributed by atoms with Crippen molar-refractivity contribution >= 4 is 11.8 Å². The molecule has 0 spiro atoms. The molecule has 2 aliphatic heterocycles. The largest absolute Gasteiger partial charge is 0.484 e. The molecule has 0 aliphatic carbocycles. The standard InChI is InChI=1S/C15H19N3O4/c16-15(20)10-1-3-11(4-2-10)22-9-14(19)18-5-6-21-13-8-17-7-12(13)18/h1-4,12-13,17H,5-9H2,(H2,16,20)/t12-,13+/m1/s1. The Kier molecular flexibility index (Phi) is 4.26. The fourth-order valence-corrected chi connectivity index (χ4v) is 2.84. The number of rotatable bonds is 4. The van der Waals surface area contributed by atoms with Crippen molar-refractivity contribution in [2.45, 2.75) is 12.1 Å². The van der Waals surface area contributed by atoms with Crippen molar-refractivity contribution in [1.29, 1.82) is 0 Å². The maximum Gasteiger partial charge on any atom is 0.260 e. The topological polar surface area (TPSA) is 93.9 Å². The molecule has 2 saturated heterocycles. The highest BCUT2D eigenvalue weighted by atomic mass is 16.5. The first-order valence-corrected chi connectivity index (χ1v) is 7.29. The van der Waals surface area contributed by atoms with E-state index in [9.17, 15) is 9.59 Å². The third-order valence-corrected chi connectivity index (χ3v) is 4.01. The summed E-state index contributed by atoms with van der Waals surface area (Å²) in [6.45, 7) is 2.65. The van der Waals surface area contributed by atoms with Crippen molar-refractivity contribution in [2.24, 2.45) is 5.73 Å². The van der Waals surface area contributed by atoms with E-state index in [4.69, 9.17) is 15.2 Å². The average Bonchev–Trinajstić information content (AvgIpc) is 3.01. The lowest BCUT2D eigenvalue weighted by atomic mass is 10.1. The Morgan fingerprint density at radius 2 is 2.09 bits per heavy atom. The Balaban J connectivity index is 1.56. The molecule has 0 radical (unpaired) electrons. The lowest BCUT2D eigenvalue weighted by Gasteiger charge is -2.36. The van der Waals surface area contributed by atoms with Gasteiger partial charge < -0.3 is 25.4 Å². The lowest BCUT2D eigenvalue weighted by molar-refractivity contribution is -0.144. The first kappa shape index (κ1) is 14.8. The van der Waals surface area contributed by atoms with Gasteiger partial charge in [0.05, 0.1) is 18.8 Å². The Morgan fingerprint density at radius 3 is 2.82 bits per heavy atom. The number of nitrogens with one attached hydrogen (secondary N) is 1. The summed E-state index contributed by atoms with van der Waals surface area (Å²) in [5.74, 6) is -0.00981. The van der Waals surface area contributed by atoms with Gasteiger partial charge in [-0.05, 0) is 24.3 Å². The molecule has 0 bridgehead atoms. The second-order valence-corrected chi connectivity index (χ2v) is 5.40. The third kappa shape index (κ3) is 3.05. The maximum absolute atomic E-state index is 12.3. The number of hydrogen-bond donors (Lipinski definition) is 2. The molecule has 2 heterocycles. The van der Waals surface area contributed by atoms with Crippen LogP contribution in [0.1, 0.15) is 10.4 Å². The molecule has 3 N–H and O–H groups in total. The minimum atomic E-state index is -0.490. The number of nitrogens with two attached hydrogens (primary N) is 1. The van der Waals surface area contributed by atoms with E-state index in [1.54, 1.807) is 24.3 Å². The predicted molar refractivity (Wildman–Crippen MR) is 78.6 cm³/mol. The van der Waals surface area contributed by atoms with Crippen molar-refractivity contribution in [3.8, 4) is 5.75 Å². The molecule has 7 heteroatoms. The van der Waals surface area contributed by atoms with Gasteiger partial charge in [-0.3, -0.25) is 9.59 Å². The Bertz CT molecular complexity index is 560. The van der Waals surface area contributed by atoms with E-state index < -0.39 is 5.91 Å². The molecule has 1 aromatic carbocycles. The van der Waals surface area contributed by atoms with Crippen LogP contribution in [0.3, 0.4) is 0 Å². The number of hydrogen-bond acceptors (Lipinski definition) is 5. The number of amides is 2. The van der Waals surface area contributed by atoms with Crippen molar-refractivity contribution in [2.75, 3.05) is 32.8 Å². The van der Waals surface area contributed by atoms with E-state index >= 15 is 0 Å². The molecule has 0 unspecified atom stereocenters. The molecule has 0 aromatic heterocycles. The number of primary amides is 1. The van der Waals surface area contributed by atoms with Gasteiger partial charge in [0.15, 0.2) is 6.61 Å². The number of carbonyl (C=O) groups is 2. The van der Waals surface area contributed by atoms with Gasteiger partial charge in [0, 0.05) is 25.2 Å². The summed E-state index contributed by atoms with van der Waals surface area (Å²) in [5.41, 5.74) is 5.58. The molecule has 1 aromatic rings. The van der Waals surface area contributed by atoms with Crippen LogP contribution < -0.4 is 15.8 Å². The van der Waals surface area contributed by atoms with Gasteiger partial charge in [-0.2, -0.15) is 0 Å². The summed E-state index contributed by atoms with van der Waals surface area (Å²) >= 11 is 0. The number of carbonyl (C=O) groups excluding carboxylic acids is 2. The second kappa shape index (κ2) is 6.33. The molecular formula is C15H19N3O4. The first-order valence-electron chi connectivity index (χ1n) is 7.29. The minimum absolute atomic E-state index is 0.0286. The summed E-state index contributed by atoms with van der Waals surface area (Å²) in [6, 6.07) is 6.50. The zero-order chi connectivity index (χ0) is 15.5. The highest BCUT2D eigenvalue weighted by Gasteiger charge is 2.38.